The molecule has 0 aliphatic rings. The quantitative estimate of drug-likeness (QED) is 0.217. The highest BCUT2D eigenvalue weighted by molar-refractivity contribution is 5.75. The number of hydroxylamine groups is 2. The van der Waals surface area contributed by atoms with Gasteiger partial charge in [-0.1, -0.05) is 89.2 Å². The van der Waals surface area contributed by atoms with Gasteiger partial charge < -0.3 is 5.32 Å². The van der Waals surface area contributed by atoms with Crippen molar-refractivity contribution >= 4 is 5.91 Å². The van der Waals surface area contributed by atoms with Gasteiger partial charge in [0.2, 0.25) is 5.91 Å². The molecule has 0 aromatic rings. The molecule has 0 rings (SSSR count). The number of unbranched alkanes of at least 4 members (excludes halogenated alkanes) is 12. The van der Waals surface area contributed by atoms with E-state index in [0.717, 1.165) is 12.8 Å². The lowest BCUT2D eigenvalue weighted by molar-refractivity contribution is -0.341. The van der Waals surface area contributed by atoms with Crippen molar-refractivity contribution in [2.45, 2.75) is 96.8 Å². The zero-order valence-corrected chi connectivity index (χ0v) is 16.3. The van der Waals surface area contributed by atoms with E-state index in [1.807, 2.05) is 0 Å². The fraction of sp³-hybridized carbons (Fsp3) is 0.947. The third kappa shape index (κ3) is 17.7. The zero-order valence-electron chi connectivity index (χ0n) is 16.3. The second-order valence-electron chi connectivity index (χ2n) is 6.49. The molecule has 0 aliphatic carbocycles. The van der Waals surface area contributed by atoms with E-state index in [-0.39, 0.29) is 12.6 Å². The molecule has 0 aliphatic heterocycles. The normalized spacial score (nSPS) is 11.2. The lowest BCUT2D eigenvalue weighted by Crippen LogP contribution is -2.30. The van der Waals surface area contributed by atoms with E-state index in [1.165, 1.54) is 83.0 Å². The average Bonchev–Trinajstić information content (AvgIpc) is 2.58. The molecule has 0 fully saturated rings. The van der Waals surface area contributed by atoms with Crippen molar-refractivity contribution in [1.29, 1.82) is 0 Å². The summed E-state index contributed by atoms with van der Waals surface area (Å²) in [6.45, 7) is 2.42. The molecule has 0 heterocycles. The van der Waals surface area contributed by atoms with Gasteiger partial charge in [0.05, 0.1) is 7.11 Å². The number of amides is 1. The van der Waals surface area contributed by atoms with Crippen LogP contribution in [0.2, 0.25) is 0 Å². The molecule has 0 unspecified atom stereocenters. The first-order chi connectivity index (χ1) is 11.7. The van der Waals surface area contributed by atoms with E-state index >= 15 is 0 Å². The van der Waals surface area contributed by atoms with Crippen LogP contribution >= 0.6 is 0 Å². The van der Waals surface area contributed by atoms with Gasteiger partial charge in [-0.15, -0.1) is 0 Å². The predicted octanol–water partition coefficient (Wildman–Crippen LogP) is 4.97. The van der Waals surface area contributed by atoms with E-state index < -0.39 is 0 Å². The summed E-state index contributed by atoms with van der Waals surface area (Å²) in [5.41, 5.74) is 0. The van der Waals surface area contributed by atoms with E-state index in [9.17, 15) is 4.79 Å². The highest BCUT2D eigenvalue weighted by Crippen LogP contribution is 2.12. The topological polar surface area (TPSA) is 50.8 Å². The summed E-state index contributed by atoms with van der Waals surface area (Å²) in [7, 11) is 3.15. The lowest BCUT2D eigenvalue weighted by atomic mass is 10.0. The molecule has 0 saturated heterocycles. The zero-order chi connectivity index (χ0) is 17.9. The minimum Gasteiger partial charge on any atom is -0.331 e. The van der Waals surface area contributed by atoms with E-state index in [4.69, 9.17) is 9.68 Å². The first-order valence-corrected chi connectivity index (χ1v) is 9.88. The molecule has 5 heteroatoms. The van der Waals surface area contributed by atoms with Crippen molar-refractivity contribution in [3.63, 3.8) is 0 Å². The van der Waals surface area contributed by atoms with Crippen LogP contribution in [0.4, 0.5) is 0 Å². The van der Waals surface area contributed by atoms with Gasteiger partial charge in [-0.05, 0) is 6.42 Å². The SMILES string of the molecule is CCCCCCCCCCCCCCCC(=O)NCON(C)OC. The highest BCUT2D eigenvalue weighted by Gasteiger charge is 2.02. The van der Waals surface area contributed by atoms with Gasteiger partial charge in [-0.2, -0.15) is 0 Å². The summed E-state index contributed by atoms with van der Waals surface area (Å²) in [6.07, 6.45) is 17.7. The number of carbonyl (C=O) groups excluding carboxylic acids is 1. The van der Waals surface area contributed by atoms with Crippen molar-refractivity contribution in [1.82, 2.24) is 10.5 Å². The van der Waals surface area contributed by atoms with Crippen molar-refractivity contribution in [3.8, 4) is 0 Å². The summed E-state index contributed by atoms with van der Waals surface area (Å²) >= 11 is 0. The van der Waals surface area contributed by atoms with Gasteiger partial charge in [0.25, 0.3) is 0 Å². The molecular weight excluding hydrogens is 304 g/mol. The van der Waals surface area contributed by atoms with E-state index in [2.05, 4.69) is 12.2 Å². The Morgan fingerprint density at radius 1 is 0.833 bits per heavy atom. The van der Waals surface area contributed by atoms with Crippen LogP contribution in [0.5, 0.6) is 0 Å². The summed E-state index contributed by atoms with van der Waals surface area (Å²) < 4.78 is 0. The van der Waals surface area contributed by atoms with Crippen molar-refractivity contribution < 1.29 is 14.5 Å². The molecule has 1 N–H and O–H groups in total. The Bertz CT molecular complexity index is 275. The fourth-order valence-corrected chi connectivity index (χ4v) is 2.65. The Hall–Kier alpha value is -0.650. The molecule has 0 aromatic heterocycles. The molecule has 1 amide bonds. The van der Waals surface area contributed by atoms with Crippen LogP contribution < -0.4 is 5.32 Å². The second kappa shape index (κ2) is 18.7. The molecule has 0 atom stereocenters. The molecule has 0 radical (unpaired) electrons. The predicted molar refractivity (Wildman–Crippen MR) is 99.2 cm³/mol. The first-order valence-electron chi connectivity index (χ1n) is 9.88. The Morgan fingerprint density at radius 2 is 1.29 bits per heavy atom. The lowest BCUT2D eigenvalue weighted by Gasteiger charge is -2.13. The monoisotopic (exact) mass is 344 g/mol. The average molecular weight is 345 g/mol. The third-order valence-corrected chi connectivity index (χ3v) is 4.28. The summed E-state index contributed by atoms with van der Waals surface area (Å²) in [5.74, 6) is 0.0441. The van der Waals surface area contributed by atoms with Crippen LogP contribution in [0.3, 0.4) is 0 Å². The standard InChI is InChI=1S/C19H40N2O3/c1-4-5-6-7-8-9-10-11-12-13-14-15-16-17-19(22)20-18-24-21(2)23-3/h4-18H2,1-3H3,(H,20,22). The van der Waals surface area contributed by atoms with E-state index in [0.29, 0.717) is 6.42 Å². The minimum absolute atomic E-state index is 0.0441. The molecule has 144 valence electrons. The number of carbonyl (C=O) groups is 1. The van der Waals surface area contributed by atoms with Crippen LogP contribution in [0.15, 0.2) is 0 Å². The molecule has 0 saturated carbocycles. The summed E-state index contributed by atoms with van der Waals surface area (Å²) in [4.78, 5) is 21.4. The Kier molecular flexibility index (Phi) is 18.2. The van der Waals surface area contributed by atoms with Gasteiger partial charge in [-0.3, -0.25) is 14.5 Å². The number of nitrogens with zero attached hydrogens (tertiary/aromatic N) is 1. The van der Waals surface area contributed by atoms with Crippen LogP contribution in [0.25, 0.3) is 0 Å². The number of hydrogen-bond acceptors (Lipinski definition) is 4. The molecule has 5 nitrogen and oxygen atoms in total. The molecule has 24 heavy (non-hydrogen) atoms. The second-order valence-corrected chi connectivity index (χ2v) is 6.49. The highest BCUT2D eigenvalue weighted by atomic mass is 16.9. The smallest absolute Gasteiger partial charge is 0.221 e. The molecule has 0 aromatic carbocycles. The van der Waals surface area contributed by atoms with Crippen molar-refractivity contribution in [2.24, 2.45) is 0 Å². The van der Waals surface area contributed by atoms with Crippen LogP contribution in [0, 0.1) is 0 Å². The Balaban J connectivity index is 3.15. The maximum Gasteiger partial charge on any atom is 0.221 e. The number of rotatable bonds is 18. The Labute approximate surface area is 149 Å². The fourth-order valence-electron chi connectivity index (χ4n) is 2.65. The molecular formula is C19H40N2O3. The van der Waals surface area contributed by atoms with Gasteiger partial charge in [0.15, 0.2) is 0 Å². The van der Waals surface area contributed by atoms with Crippen LogP contribution in [-0.4, -0.2) is 32.0 Å². The van der Waals surface area contributed by atoms with Gasteiger partial charge in [-0.25, -0.2) is 0 Å². The largest absolute Gasteiger partial charge is 0.331 e. The number of nitrogens with one attached hydrogen (secondary N) is 1. The minimum atomic E-state index is 0.0441. The Morgan fingerprint density at radius 3 is 1.75 bits per heavy atom. The van der Waals surface area contributed by atoms with E-state index in [1.54, 1.807) is 7.05 Å². The van der Waals surface area contributed by atoms with Crippen LogP contribution in [0.1, 0.15) is 96.8 Å². The van der Waals surface area contributed by atoms with Crippen molar-refractivity contribution in [3.05, 3.63) is 0 Å². The summed E-state index contributed by atoms with van der Waals surface area (Å²) in [5, 5.41) is 3.92. The summed E-state index contributed by atoms with van der Waals surface area (Å²) in [6, 6.07) is 0. The van der Waals surface area contributed by atoms with Gasteiger partial charge >= 0.3 is 0 Å². The van der Waals surface area contributed by atoms with Gasteiger partial charge in [0.1, 0.15) is 6.73 Å². The first kappa shape index (κ1) is 23.4. The number of hydrogen-bond donors (Lipinski definition) is 1. The maximum absolute atomic E-state index is 11.6. The molecule has 0 spiro atoms. The third-order valence-electron chi connectivity index (χ3n) is 4.28. The van der Waals surface area contributed by atoms with Crippen LogP contribution in [-0.2, 0) is 14.5 Å². The van der Waals surface area contributed by atoms with Crippen molar-refractivity contribution in [2.75, 3.05) is 20.9 Å². The molecule has 0 bridgehead atoms. The van der Waals surface area contributed by atoms with Gasteiger partial charge in [0, 0.05) is 13.5 Å². The maximum atomic E-state index is 11.6.